The fourth-order valence-electron chi connectivity index (χ4n) is 4.02. The summed E-state index contributed by atoms with van der Waals surface area (Å²) in [6.45, 7) is 0.494. The Kier molecular flexibility index (Phi) is 10.1. The number of ether oxygens (including phenoxy) is 3. The molecule has 3 amide bonds. The summed E-state index contributed by atoms with van der Waals surface area (Å²) in [7, 11) is 1.58. The third-order valence-electron chi connectivity index (χ3n) is 6.04. The van der Waals surface area contributed by atoms with E-state index >= 15 is 0 Å². The SMILES string of the molecule is COc1cc2c(Oc3ccc(NC(=O)Nc4ccccc4)cc3)ccnc2cc1OCCCCCCC(=O)NO. The zero-order valence-electron chi connectivity index (χ0n) is 22.2. The highest BCUT2D eigenvalue weighted by atomic mass is 16.5. The second-order valence-corrected chi connectivity index (χ2v) is 8.95. The third kappa shape index (κ3) is 8.08. The van der Waals surface area contributed by atoms with Gasteiger partial charge in [0.1, 0.15) is 11.5 Å². The van der Waals surface area contributed by atoms with Gasteiger partial charge in [-0.3, -0.25) is 15.0 Å². The van der Waals surface area contributed by atoms with Crippen LogP contribution in [-0.2, 0) is 4.79 Å². The van der Waals surface area contributed by atoms with Crippen LogP contribution in [0.2, 0.25) is 0 Å². The molecule has 4 N–H and O–H groups in total. The Hall–Kier alpha value is -4.83. The summed E-state index contributed by atoms with van der Waals surface area (Å²) in [5, 5.41) is 14.9. The minimum absolute atomic E-state index is 0.304. The number of anilines is 2. The van der Waals surface area contributed by atoms with Gasteiger partial charge in [0.25, 0.3) is 0 Å². The number of hydroxylamine groups is 1. The van der Waals surface area contributed by atoms with Gasteiger partial charge in [0.15, 0.2) is 11.5 Å². The van der Waals surface area contributed by atoms with Crippen molar-refractivity contribution in [3.05, 3.63) is 79.0 Å². The van der Waals surface area contributed by atoms with Crippen molar-refractivity contribution in [2.45, 2.75) is 32.1 Å². The number of methoxy groups -OCH3 is 1. The minimum Gasteiger partial charge on any atom is -0.493 e. The first kappa shape index (κ1) is 28.2. The lowest BCUT2D eigenvalue weighted by Crippen LogP contribution is -2.19. The first-order valence-corrected chi connectivity index (χ1v) is 13.0. The van der Waals surface area contributed by atoms with E-state index in [1.165, 1.54) is 0 Å². The van der Waals surface area contributed by atoms with E-state index < -0.39 is 0 Å². The molecule has 1 heterocycles. The average Bonchev–Trinajstić information content (AvgIpc) is 2.97. The smallest absolute Gasteiger partial charge is 0.323 e. The predicted octanol–water partition coefficient (Wildman–Crippen LogP) is 6.51. The normalized spacial score (nSPS) is 10.6. The molecule has 10 nitrogen and oxygen atoms in total. The Morgan fingerprint density at radius 1 is 0.825 bits per heavy atom. The number of amides is 3. The summed E-state index contributed by atoms with van der Waals surface area (Å²) in [4.78, 5) is 27.8. The number of nitrogens with zero attached hydrogens (tertiary/aromatic N) is 1. The molecule has 0 aliphatic heterocycles. The topological polar surface area (TPSA) is 131 Å². The first-order valence-electron chi connectivity index (χ1n) is 13.0. The van der Waals surface area contributed by atoms with Gasteiger partial charge in [0.2, 0.25) is 5.91 Å². The Morgan fingerprint density at radius 2 is 1.55 bits per heavy atom. The molecule has 0 aliphatic rings. The molecule has 0 fully saturated rings. The fourth-order valence-corrected chi connectivity index (χ4v) is 4.02. The van der Waals surface area contributed by atoms with E-state index in [0.717, 1.165) is 24.6 Å². The standard InChI is InChI=1S/C30H32N4O6/c1-38-27-19-24-25(20-28(27)39-18-8-3-2-7-11-29(35)34-37)31-17-16-26(24)40-23-14-12-22(13-15-23)33-30(36)32-21-9-5-4-6-10-21/h4-6,9-10,12-17,19-20,37H,2-3,7-8,11,18H2,1H3,(H,34,35)(H2,32,33,36). The van der Waals surface area contributed by atoms with Crippen molar-refractivity contribution in [3.8, 4) is 23.0 Å². The van der Waals surface area contributed by atoms with E-state index in [1.807, 2.05) is 42.5 Å². The summed E-state index contributed by atoms with van der Waals surface area (Å²) < 4.78 is 17.7. The maximum absolute atomic E-state index is 12.2. The Morgan fingerprint density at radius 3 is 2.27 bits per heavy atom. The van der Waals surface area contributed by atoms with Crippen molar-refractivity contribution in [2.75, 3.05) is 24.4 Å². The Bertz CT molecular complexity index is 1410. The number of unbranched alkanes of at least 4 members (excludes halogenated alkanes) is 3. The van der Waals surface area contributed by atoms with Crippen LogP contribution in [0.5, 0.6) is 23.0 Å². The number of pyridine rings is 1. The van der Waals surface area contributed by atoms with Gasteiger partial charge in [-0.15, -0.1) is 0 Å². The molecule has 0 aliphatic carbocycles. The first-order chi connectivity index (χ1) is 19.6. The fraction of sp³-hybridized carbons (Fsp3) is 0.233. The van der Waals surface area contributed by atoms with Crippen molar-refractivity contribution in [2.24, 2.45) is 0 Å². The summed E-state index contributed by atoms with van der Waals surface area (Å²) in [6.07, 6.45) is 5.26. The average molecular weight is 545 g/mol. The van der Waals surface area contributed by atoms with Crippen LogP contribution < -0.4 is 30.3 Å². The van der Waals surface area contributed by atoms with Crippen LogP contribution in [-0.4, -0.2) is 35.8 Å². The maximum atomic E-state index is 12.2. The number of benzene rings is 3. The number of para-hydroxylation sites is 1. The molecule has 1 aromatic heterocycles. The molecular formula is C30H32N4O6. The lowest BCUT2D eigenvalue weighted by Gasteiger charge is -2.14. The lowest BCUT2D eigenvalue weighted by molar-refractivity contribution is -0.129. The highest BCUT2D eigenvalue weighted by Crippen LogP contribution is 2.37. The zero-order chi connectivity index (χ0) is 28.2. The summed E-state index contributed by atoms with van der Waals surface area (Å²) in [5.74, 6) is 1.98. The zero-order valence-corrected chi connectivity index (χ0v) is 22.2. The number of aromatic nitrogens is 1. The van der Waals surface area contributed by atoms with Crippen LogP contribution in [0.4, 0.5) is 16.2 Å². The van der Waals surface area contributed by atoms with Crippen LogP contribution in [0.1, 0.15) is 32.1 Å². The van der Waals surface area contributed by atoms with Gasteiger partial charge in [-0.2, -0.15) is 0 Å². The van der Waals surface area contributed by atoms with E-state index in [4.69, 9.17) is 19.4 Å². The number of hydrogen-bond donors (Lipinski definition) is 4. The Labute approximate surface area is 232 Å². The molecule has 40 heavy (non-hydrogen) atoms. The largest absolute Gasteiger partial charge is 0.493 e. The molecule has 3 aromatic carbocycles. The van der Waals surface area contributed by atoms with Crippen LogP contribution in [0.3, 0.4) is 0 Å². The van der Waals surface area contributed by atoms with Crippen molar-refractivity contribution in [3.63, 3.8) is 0 Å². The van der Waals surface area contributed by atoms with Gasteiger partial charge in [0.05, 0.1) is 19.2 Å². The third-order valence-corrected chi connectivity index (χ3v) is 6.04. The maximum Gasteiger partial charge on any atom is 0.323 e. The molecular weight excluding hydrogens is 512 g/mol. The van der Waals surface area contributed by atoms with Gasteiger partial charge in [-0.1, -0.05) is 31.0 Å². The van der Waals surface area contributed by atoms with Crippen LogP contribution in [0.25, 0.3) is 10.9 Å². The molecule has 10 heteroatoms. The van der Waals surface area contributed by atoms with Crippen LogP contribution in [0, 0.1) is 0 Å². The minimum atomic E-state index is -0.370. The summed E-state index contributed by atoms with van der Waals surface area (Å²) in [5.41, 5.74) is 3.66. The highest BCUT2D eigenvalue weighted by molar-refractivity contribution is 5.99. The molecule has 0 radical (unpaired) electrons. The van der Waals surface area contributed by atoms with Crippen LogP contribution in [0.15, 0.2) is 79.0 Å². The number of rotatable bonds is 13. The summed E-state index contributed by atoms with van der Waals surface area (Å²) in [6, 6.07) is 21.4. The van der Waals surface area contributed by atoms with E-state index in [-0.39, 0.29) is 11.9 Å². The molecule has 0 bridgehead atoms. The van der Waals surface area contributed by atoms with E-state index in [1.54, 1.807) is 49.1 Å². The quantitative estimate of drug-likeness (QED) is 0.0857. The number of urea groups is 1. The molecule has 4 aromatic rings. The van der Waals surface area contributed by atoms with Crippen molar-refractivity contribution in [1.29, 1.82) is 0 Å². The monoisotopic (exact) mass is 544 g/mol. The molecule has 208 valence electrons. The molecule has 0 saturated carbocycles. The van der Waals surface area contributed by atoms with E-state index in [0.29, 0.717) is 59.3 Å². The van der Waals surface area contributed by atoms with Gasteiger partial charge < -0.3 is 24.8 Å². The molecule has 4 rings (SSSR count). The second-order valence-electron chi connectivity index (χ2n) is 8.95. The van der Waals surface area contributed by atoms with Gasteiger partial charge >= 0.3 is 6.03 Å². The van der Waals surface area contributed by atoms with Gasteiger partial charge in [-0.25, -0.2) is 10.3 Å². The molecule has 0 spiro atoms. The summed E-state index contributed by atoms with van der Waals surface area (Å²) >= 11 is 0. The van der Waals surface area contributed by atoms with Gasteiger partial charge in [-0.05, 0) is 61.4 Å². The second kappa shape index (κ2) is 14.4. The van der Waals surface area contributed by atoms with Crippen molar-refractivity contribution in [1.82, 2.24) is 10.5 Å². The molecule has 0 saturated heterocycles. The number of carbonyl (C=O) groups is 2. The van der Waals surface area contributed by atoms with E-state index in [9.17, 15) is 9.59 Å². The van der Waals surface area contributed by atoms with E-state index in [2.05, 4.69) is 15.6 Å². The van der Waals surface area contributed by atoms with Crippen molar-refractivity contribution >= 4 is 34.2 Å². The van der Waals surface area contributed by atoms with Gasteiger partial charge in [0, 0.05) is 35.4 Å². The number of carbonyl (C=O) groups excluding carboxylic acids is 2. The molecule has 0 unspecified atom stereocenters. The number of hydrogen-bond acceptors (Lipinski definition) is 7. The lowest BCUT2D eigenvalue weighted by atomic mass is 10.1. The number of nitrogens with one attached hydrogen (secondary N) is 3. The highest BCUT2D eigenvalue weighted by Gasteiger charge is 2.12. The predicted molar refractivity (Wildman–Crippen MR) is 152 cm³/mol. The molecule has 0 atom stereocenters. The van der Waals surface area contributed by atoms with Crippen molar-refractivity contribution < 1.29 is 29.0 Å². The Balaban J connectivity index is 1.35. The number of fused-ring (bicyclic) bond motifs is 1. The van der Waals surface area contributed by atoms with Crippen LogP contribution >= 0.6 is 0 Å².